The van der Waals surface area contributed by atoms with Crippen LogP contribution < -0.4 is 15.4 Å². The first kappa shape index (κ1) is 19.8. The van der Waals surface area contributed by atoms with E-state index in [0.29, 0.717) is 44.5 Å². The Hall–Kier alpha value is -2.57. The summed E-state index contributed by atoms with van der Waals surface area (Å²) in [6, 6.07) is 5.50. The molecule has 142 valence electrons. The van der Waals surface area contributed by atoms with Crippen molar-refractivity contribution in [1.29, 1.82) is 0 Å². The number of carbonyl (C=O) groups is 3. The number of benzene rings is 1. The van der Waals surface area contributed by atoms with Gasteiger partial charge in [0, 0.05) is 18.5 Å². The van der Waals surface area contributed by atoms with E-state index in [-0.39, 0.29) is 18.2 Å². The van der Waals surface area contributed by atoms with Crippen molar-refractivity contribution in [3.05, 3.63) is 23.8 Å². The molecule has 3 N–H and O–H groups in total. The molecule has 0 bridgehead atoms. The minimum absolute atomic E-state index is 0.0219. The molecule has 0 spiro atoms. The first-order valence-electron chi connectivity index (χ1n) is 8.94. The zero-order chi connectivity index (χ0) is 19.2. The molecule has 2 rings (SSSR count). The summed E-state index contributed by atoms with van der Waals surface area (Å²) >= 11 is 0. The highest BCUT2D eigenvalue weighted by atomic mass is 16.5. The van der Waals surface area contributed by atoms with E-state index in [9.17, 15) is 19.5 Å². The molecule has 0 aromatic heterocycles. The van der Waals surface area contributed by atoms with E-state index in [1.54, 1.807) is 6.07 Å². The van der Waals surface area contributed by atoms with Gasteiger partial charge in [0.05, 0.1) is 6.61 Å². The van der Waals surface area contributed by atoms with Crippen LogP contribution in [0.15, 0.2) is 18.2 Å². The first-order chi connectivity index (χ1) is 12.3. The third-order valence-corrected chi connectivity index (χ3v) is 4.43. The van der Waals surface area contributed by atoms with E-state index in [1.165, 1.54) is 6.92 Å². The van der Waals surface area contributed by atoms with E-state index < -0.39 is 11.5 Å². The first-order valence-corrected chi connectivity index (χ1v) is 8.94. The van der Waals surface area contributed by atoms with Gasteiger partial charge in [-0.25, -0.2) is 4.79 Å². The maximum Gasteiger partial charge on any atom is 0.329 e. The molecule has 0 saturated carbocycles. The van der Waals surface area contributed by atoms with Crippen LogP contribution in [0.3, 0.4) is 0 Å². The van der Waals surface area contributed by atoms with Gasteiger partial charge in [0.2, 0.25) is 11.8 Å². The Morgan fingerprint density at radius 1 is 1.35 bits per heavy atom. The van der Waals surface area contributed by atoms with Crippen molar-refractivity contribution in [2.75, 3.05) is 11.9 Å². The number of aliphatic carboxylic acids is 1. The smallest absolute Gasteiger partial charge is 0.329 e. The molecule has 7 heteroatoms. The van der Waals surface area contributed by atoms with E-state index in [1.807, 2.05) is 19.1 Å². The van der Waals surface area contributed by atoms with E-state index in [4.69, 9.17) is 4.74 Å². The molecule has 1 aliphatic rings. The van der Waals surface area contributed by atoms with Crippen molar-refractivity contribution < 1.29 is 24.2 Å². The number of nitrogens with one attached hydrogen (secondary N) is 2. The van der Waals surface area contributed by atoms with Crippen molar-refractivity contribution in [3.8, 4) is 5.75 Å². The minimum Gasteiger partial charge on any atom is -0.494 e. The normalized spacial score (nSPS) is 15.4. The van der Waals surface area contributed by atoms with Crippen molar-refractivity contribution >= 4 is 23.5 Å². The summed E-state index contributed by atoms with van der Waals surface area (Å²) in [5.41, 5.74) is 0.629. The van der Waals surface area contributed by atoms with Crippen LogP contribution in [0.2, 0.25) is 0 Å². The quantitative estimate of drug-likeness (QED) is 0.586. The fourth-order valence-corrected chi connectivity index (χ4v) is 2.97. The lowest BCUT2D eigenvalue weighted by Gasteiger charge is -2.25. The lowest BCUT2D eigenvalue weighted by atomic mass is 9.96. The Bertz CT molecular complexity index is 689. The predicted molar refractivity (Wildman–Crippen MR) is 97.2 cm³/mol. The molecule has 1 heterocycles. The maximum absolute atomic E-state index is 12.0. The molecule has 1 aromatic carbocycles. The van der Waals surface area contributed by atoms with Crippen molar-refractivity contribution in [2.45, 2.75) is 57.9 Å². The second kappa shape index (κ2) is 8.69. The number of carboxylic acids is 1. The average molecular weight is 362 g/mol. The molecular formula is C19H26N2O5. The Balaban J connectivity index is 1.77. The number of rotatable bonds is 9. The van der Waals surface area contributed by atoms with E-state index in [2.05, 4.69) is 10.6 Å². The summed E-state index contributed by atoms with van der Waals surface area (Å²) in [5, 5.41) is 14.7. The van der Waals surface area contributed by atoms with Crippen molar-refractivity contribution in [3.63, 3.8) is 0 Å². The standard InChI is InChI=1S/C19H26N2O5/c1-3-10-19(2,18(24)25)21-17(23)5-4-11-26-14-7-8-15-13(12-14)6-9-16(22)20-15/h7-8,12H,3-6,9-11H2,1-2H3,(H,20,22)(H,21,23)(H,24,25). The highest BCUT2D eigenvalue weighted by Crippen LogP contribution is 2.26. The summed E-state index contributed by atoms with van der Waals surface area (Å²) < 4.78 is 5.67. The second-order valence-corrected chi connectivity index (χ2v) is 6.75. The van der Waals surface area contributed by atoms with Gasteiger partial charge in [-0.3, -0.25) is 9.59 Å². The van der Waals surface area contributed by atoms with Crippen LogP contribution in [-0.2, 0) is 20.8 Å². The number of hydrogen-bond acceptors (Lipinski definition) is 4. The Labute approximate surface area is 153 Å². The van der Waals surface area contributed by atoms with Crippen LogP contribution in [-0.4, -0.2) is 35.0 Å². The van der Waals surface area contributed by atoms with Crippen LogP contribution in [0.1, 0.15) is 51.5 Å². The van der Waals surface area contributed by atoms with Crippen molar-refractivity contribution in [1.82, 2.24) is 5.32 Å². The maximum atomic E-state index is 12.0. The van der Waals surface area contributed by atoms with Crippen molar-refractivity contribution in [2.24, 2.45) is 0 Å². The fourth-order valence-electron chi connectivity index (χ4n) is 2.97. The minimum atomic E-state index is -1.23. The number of ether oxygens (including phenoxy) is 1. The summed E-state index contributed by atoms with van der Waals surface area (Å²) in [7, 11) is 0. The highest BCUT2D eigenvalue weighted by molar-refractivity contribution is 5.94. The molecule has 1 atom stereocenters. The SMILES string of the molecule is CCCC(C)(NC(=O)CCCOc1ccc2c(c1)CCC(=O)N2)C(=O)O. The van der Waals surface area contributed by atoms with Gasteiger partial charge in [-0.05, 0) is 49.9 Å². The molecule has 1 unspecified atom stereocenters. The molecule has 0 saturated heterocycles. The van der Waals surface area contributed by atoms with Crippen LogP contribution in [0.25, 0.3) is 0 Å². The number of fused-ring (bicyclic) bond motifs is 1. The second-order valence-electron chi connectivity index (χ2n) is 6.75. The van der Waals surface area contributed by atoms with E-state index >= 15 is 0 Å². The Morgan fingerprint density at radius 3 is 2.81 bits per heavy atom. The van der Waals surface area contributed by atoms with E-state index in [0.717, 1.165) is 11.3 Å². The molecule has 7 nitrogen and oxygen atoms in total. The molecule has 0 aliphatic carbocycles. The topological polar surface area (TPSA) is 105 Å². The molecule has 0 fully saturated rings. The molecule has 26 heavy (non-hydrogen) atoms. The lowest BCUT2D eigenvalue weighted by molar-refractivity contribution is -0.147. The zero-order valence-electron chi connectivity index (χ0n) is 15.3. The predicted octanol–water partition coefficient (Wildman–Crippen LogP) is 2.49. The molecule has 1 aromatic rings. The largest absolute Gasteiger partial charge is 0.494 e. The van der Waals surface area contributed by atoms with Gasteiger partial charge < -0.3 is 20.5 Å². The lowest BCUT2D eigenvalue weighted by Crippen LogP contribution is -2.52. The molecule has 2 amide bonds. The average Bonchev–Trinajstić information content (AvgIpc) is 2.58. The number of carbonyl (C=O) groups excluding carboxylic acids is 2. The number of amides is 2. The summed E-state index contributed by atoms with van der Waals surface area (Å²) in [6.45, 7) is 3.76. The Kier molecular flexibility index (Phi) is 6.60. The van der Waals surface area contributed by atoms with Crippen LogP contribution in [0, 0.1) is 0 Å². The van der Waals surface area contributed by atoms with Crippen LogP contribution in [0.4, 0.5) is 5.69 Å². The van der Waals surface area contributed by atoms with Crippen LogP contribution in [0.5, 0.6) is 5.75 Å². The van der Waals surface area contributed by atoms with Gasteiger partial charge in [0.1, 0.15) is 11.3 Å². The number of anilines is 1. The summed E-state index contributed by atoms with van der Waals surface area (Å²) in [4.78, 5) is 34.7. The fraction of sp³-hybridized carbons (Fsp3) is 0.526. The highest BCUT2D eigenvalue weighted by Gasteiger charge is 2.33. The number of carboxylic acid groups (broad SMARTS) is 1. The summed E-state index contributed by atoms with van der Waals surface area (Å²) in [5.74, 6) is -0.597. The summed E-state index contributed by atoms with van der Waals surface area (Å²) in [6.07, 6.45) is 2.90. The number of hydrogen-bond donors (Lipinski definition) is 3. The van der Waals surface area contributed by atoms with Crippen LogP contribution >= 0.6 is 0 Å². The zero-order valence-corrected chi connectivity index (χ0v) is 15.3. The van der Waals surface area contributed by atoms with Gasteiger partial charge in [0.25, 0.3) is 0 Å². The third kappa shape index (κ3) is 5.21. The van der Waals surface area contributed by atoms with Gasteiger partial charge in [0.15, 0.2) is 0 Å². The Morgan fingerprint density at radius 2 is 2.12 bits per heavy atom. The molecule has 1 aliphatic heterocycles. The molecular weight excluding hydrogens is 336 g/mol. The number of aryl methyl sites for hydroxylation is 1. The van der Waals surface area contributed by atoms with Gasteiger partial charge in [-0.2, -0.15) is 0 Å². The van der Waals surface area contributed by atoms with Gasteiger partial charge >= 0.3 is 5.97 Å². The monoisotopic (exact) mass is 362 g/mol. The molecule has 0 radical (unpaired) electrons. The third-order valence-electron chi connectivity index (χ3n) is 4.43. The van der Waals surface area contributed by atoms with Gasteiger partial charge in [-0.1, -0.05) is 13.3 Å². The van der Waals surface area contributed by atoms with Gasteiger partial charge in [-0.15, -0.1) is 0 Å².